The molecule has 30 heavy (non-hydrogen) atoms. The van der Waals surface area contributed by atoms with E-state index in [0.29, 0.717) is 0 Å². The Morgan fingerprint density at radius 3 is 2.00 bits per heavy atom. The van der Waals surface area contributed by atoms with E-state index in [9.17, 15) is 36.2 Å². The van der Waals surface area contributed by atoms with Crippen molar-refractivity contribution in [1.29, 1.82) is 0 Å². The van der Waals surface area contributed by atoms with Gasteiger partial charge < -0.3 is 15.3 Å². The first-order chi connectivity index (χ1) is 13.9. The van der Waals surface area contributed by atoms with Gasteiger partial charge in [-0.05, 0) is 48.7 Å². The van der Waals surface area contributed by atoms with E-state index in [1.54, 1.807) is 0 Å². The predicted octanol–water partition coefficient (Wildman–Crippen LogP) is 5.24. The number of rotatable bonds is 2. The molecule has 1 heterocycles. The predicted molar refractivity (Wildman–Crippen MR) is 96.6 cm³/mol. The van der Waals surface area contributed by atoms with E-state index in [1.807, 2.05) is 0 Å². The number of halogens is 6. The van der Waals surface area contributed by atoms with E-state index in [2.05, 4.69) is 5.32 Å². The molecule has 0 aromatic heterocycles. The van der Waals surface area contributed by atoms with Gasteiger partial charge in [0.25, 0.3) is 0 Å². The third-order valence-electron chi connectivity index (χ3n) is 5.05. The number of likely N-dealkylation sites (tertiary alicyclic amines) is 1. The molecule has 2 aromatic rings. The van der Waals surface area contributed by atoms with Crippen LogP contribution in [0.1, 0.15) is 29.5 Å². The van der Waals surface area contributed by atoms with Crippen LogP contribution >= 0.6 is 0 Å². The van der Waals surface area contributed by atoms with Crippen molar-refractivity contribution in [2.45, 2.75) is 30.8 Å². The lowest BCUT2D eigenvalue weighted by Crippen LogP contribution is -2.46. The first kappa shape index (κ1) is 21.9. The Balaban J connectivity index is 1.66. The summed E-state index contributed by atoms with van der Waals surface area (Å²) in [5, 5.41) is 13.2. The Bertz CT molecular complexity index is 918. The van der Waals surface area contributed by atoms with Crippen LogP contribution in [0.3, 0.4) is 0 Å². The van der Waals surface area contributed by atoms with Gasteiger partial charge in [-0.2, -0.15) is 26.3 Å². The molecule has 1 aliphatic rings. The quantitative estimate of drug-likeness (QED) is 0.638. The molecule has 0 spiro atoms. The highest BCUT2D eigenvalue weighted by Gasteiger charge is 2.38. The number of nitrogens with one attached hydrogen (secondary N) is 1. The number of anilines is 1. The fraction of sp³-hybridized carbons (Fsp3) is 0.350. The van der Waals surface area contributed by atoms with Gasteiger partial charge in [0.15, 0.2) is 0 Å². The van der Waals surface area contributed by atoms with Gasteiger partial charge in [-0.3, -0.25) is 0 Å². The molecule has 10 heteroatoms. The second-order valence-corrected chi connectivity index (χ2v) is 7.11. The summed E-state index contributed by atoms with van der Waals surface area (Å²) in [7, 11) is 0. The highest BCUT2D eigenvalue weighted by Crippen LogP contribution is 2.37. The first-order valence-electron chi connectivity index (χ1n) is 9.02. The number of alkyl halides is 6. The molecule has 2 aromatic carbocycles. The van der Waals surface area contributed by atoms with Gasteiger partial charge in [0.1, 0.15) is 0 Å². The van der Waals surface area contributed by atoms with Crippen LogP contribution in [0.4, 0.5) is 36.8 Å². The fourth-order valence-electron chi connectivity index (χ4n) is 3.33. The van der Waals surface area contributed by atoms with Crippen molar-refractivity contribution in [3.8, 4) is 0 Å². The number of benzene rings is 2. The summed E-state index contributed by atoms with van der Waals surface area (Å²) in [6, 6.07) is 7.92. The summed E-state index contributed by atoms with van der Waals surface area (Å²) >= 11 is 0. The fourth-order valence-corrected chi connectivity index (χ4v) is 3.33. The molecule has 0 atom stereocenters. The molecule has 2 N–H and O–H groups in total. The van der Waals surface area contributed by atoms with E-state index in [0.717, 1.165) is 24.3 Å². The number of hydrogen-bond donors (Lipinski definition) is 2. The van der Waals surface area contributed by atoms with Crippen LogP contribution in [0.15, 0.2) is 48.5 Å². The number of aliphatic hydroxyl groups is 1. The number of urea groups is 1. The van der Waals surface area contributed by atoms with Gasteiger partial charge in [0, 0.05) is 18.8 Å². The molecule has 0 unspecified atom stereocenters. The Hall–Kier alpha value is -2.75. The van der Waals surface area contributed by atoms with Crippen LogP contribution in [-0.2, 0) is 18.0 Å². The maximum Gasteiger partial charge on any atom is 0.416 e. The summed E-state index contributed by atoms with van der Waals surface area (Å²) in [6.45, 7) is 0.0507. The van der Waals surface area contributed by atoms with Gasteiger partial charge in [-0.25, -0.2) is 4.79 Å². The van der Waals surface area contributed by atoms with E-state index in [1.165, 1.54) is 29.2 Å². The summed E-state index contributed by atoms with van der Waals surface area (Å²) in [5.74, 6) is 0. The zero-order valence-corrected chi connectivity index (χ0v) is 15.5. The molecule has 4 nitrogen and oxygen atoms in total. The third-order valence-corrected chi connectivity index (χ3v) is 5.05. The third kappa shape index (κ3) is 4.86. The van der Waals surface area contributed by atoms with E-state index >= 15 is 0 Å². The second-order valence-electron chi connectivity index (χ2n) is 7.11. The minimum absolute atomic E-state index is 0.00960. The highest BCUT2D eigenvalue weighted by atomic mass is 19.4. The van der Waals surface area contributed by atoms with Crippen LogP contribution in [-0.4, -0.2) is 29.1 Å². The normalized spacial score (nSPS) is 17.0. The molecule has 0 bridgehead atoms. The Morgan fingerprint density at radius 2 is 1.43 bits per heavy atom. The molecule has 1 fully saturated rings. The maximum absolute atomic E-state index is 12.9. The minimum atomic E-state index is -4.55. The molecular weight excluding hydrogens is 414 g/mol. The van der Waals surface area contributed by atoms with Gasteiger partial charge in [-0.15, -0.1) is 0 Å². The number of nitrogens with zero attached hydrogens (tertiary/aromatic N) is 1. The Labute approximate surface area is 168 Å². The van der Waals surface area contributed by atoms with Crippen molar-refractivity contribution in [2.24, 2.45) is 0 Å². The van der Waals surface area contributed by atoms with Gasteiger partial charge in [0.05, 0.1) is 16.7 Å². The smallest absolute Gasteiger partial charge is 0.385 e. The number of hydrogen-bond acceptors (Lipinski definition) is 2. The largest absolute Gasteiger partial charge is 0.416 e. The van der Waals surface area contributed by atoms with Gasteiger partial charge in [0.2, 0.25) is 0 Å². The van der Waals surface area contributed by atoms with Crippen LogP contribution in [0.5, 0.6) is 0 Å². The number of piperidine rings is 1. The standard InChI is InChI=1S/C20H18F6N2O2/c21-19(22,23)14-4-1-3-13(11-14)18(30)7-9-28(10-8-18)17(29)27-16-6-2-5-15(12-16)20(24,25)26/h1-6,11-12,30H,7-10H2,(H,27,29). The average molecular weight is 432 g/mol. The molecule has 162 valence electrons. The van der Waals surface area contributed by atoms with Crippen molar-refractivity contribution in [2.75, 3.05) is 18.4 Å². The van der Waals surface area contributed by atoms with Gasteiger partial charge in [-0.1, -0.05) is 18.2 Å². The van der Waals surface area contributed by atoms with E-state index < -0.39 is 35.1 Å². The second kappa shape index (κ2) is 7.82. The summed E-state index contributed by atoms with van der Waals surface area (Å²) in [4.78, 5) is 13.7. The molecule has 0 saturated carbocycles. The maximum atomic E-state index is 12.9. The monoisotopic (exact) mass is 432 g/mol. The lowest BCUT2D eigenvalue weighted by molar-refractivity contribution is -0.138. The van der Waals surface area contributed by atoms with Crippen LogP contribution in [0.25, 0.3) is 0 Å². The van der Waals surface area contributed by atoms with Crippen LogP contribution in [0, 0.1) is 0 Å². The molecule has 0 aliphatic carbocycles. The molecule has 0 radical (unpaired) electrons. The lowest BCUT2D eigenvalue weighted by atomic mass is 9.84. The van der Waals surface area contributed by atoms with Crippen molar-refractivity contribution in [3.05, 3.63) is 65.2 Å². The van der Waals surface area contributed by atoms with Crippen molar-refractivity contribution in [1.82, 2.24) is 4.90 Å². The lowest BCUT2D eigenvalue weighted by Gasteiger charge is -2.38. The number of carbonyl (C=O) groups excluding carboxylic acids is 1. The minimum Gasteiger partial charge on any atom is -0.385 e. The average Bonchev–Trinajstić information content (AvgIpc) is 2.67. The first-order valence-corrected chi connectivity index (χ1v) is 9.02. The van der Waals surface area contributed by atoms with Crippen molar-refractivity contribution < 1.29 is 36.2 Å². The number of amides is 2. The van der Waals surface area contributed by atoms with Gasteiger partial charge >= 0.3 is 18.4 Å². The topological polar surface area (TPSA) is 52.6 Å². The van der Waals surface area contributed by atoms with E-state index in [-0.39, 0.29) is 37.2 Å². The molecular formula is C20H18F6N2O2. The van der Waals surface area contributed by atoms with Crippen LogP contribution in [0.2, 0.25) is 0 Å². The summed E-state index contributed by atoms with van der Waals surface area (Å²) in [5.41, 5.74) is -3.24. The van der Waals surface area contributed by atoms with Crippen LogP contribution < -0.4 is 5.32 Å². The SMILES string of the molecule is O=C(Nc1cccc(C(F)(F)F)c1)N1CCC(O)(c2cccc(C(F)(F)F)c2)CC1. The highest BCUT2D eigenvalue weighted by molar-refractivity contribution is 5.89. The number of carbonyl (C=O) groups is 1. The van der Waals surface area contributed by atoms with Crippen molar-refractivity contribution >= 4 is 11.7 Å². The Kier molecular flexibility index (Phi) is 5.72. The Morgan fingerprint density at radius 1 is 0.900 bits per heavy atom. The molecule has 3 rings (SSSR count). The zero-order valence-electron chi connectivity index (χ0n) is 15.5. The summed E-state index contributed by atoms with van der Waals surface area (Å²) < 4.78 is 77.1. The summed E-state index contributed by atoms with van der Waals surface area (Å²) in [6.07, 6.45) is -9.11. The zero-order chi connectivity index (χ0) is 22.2. The molecule has 2 amide bonds. The van der Waals surface area contributed by atoms with Crippen molar-refractivity contribution in [3.63, 3.8) is 0 Å². The van der Waals surface area contributed by atoms with E-state index in [4.69, 9.17) is 0 Å². The molecule has 1 saturated heterocycles. The molecule has 1 aliphatic heterocycles.